The molecule has 29 heavy (non-hydrogen) atoms. The van der Waals surface area contributed by atoms with Crippen LogP contribution in [0.25, 0.3) is 10.2 Å². The fourth-order valence-electron chi connectivity index (χ4n) is 3.34. The second-order valence-corrected chi connectivity index (χ2v) is 9.74. The number of fused-ring (bicyclic) bond motifs is 1. The lowest BCUT2D eigenvalue weighted by Gasteiger charge is -2.25. The number of nitrogens with zero attached hydrogens (tertiary/aromatic N) is 2. The molecule has 1 amide bonds. The molecule has 0 saturated carbocycles. The zero-order valence-corrected chi connectivity index (χ0v) is 17.6. The number of para-hydroxylation sites is 1. The quantitative estimate of drug-likeness (QED) is 0.665. The van der Waals surface area contributed by atoms with Crippen molar-refractivity contribution in [1.82, 2.24) is 9.29 Å². The van der Waals surface area contributed by atoms with Gasteiger partial charge in [0.2, 0.25) is 10.0 Å². The first-order valence-electron chi connectivity index (χ1n) is 9.34. The van der Waals surface area contributed by atoms with Crippen LogP contribution in [0.1, 0.15) is 29.6 Å². The molecule has 7 nitrogen and oxygen atoms in total. The maximum atomic E-state index is 12.7. The molecule has 9 heteroatoms. The minimum Gasteiger partial charge on any atom is -0.494 e. The van der Waals surface area contributed by atoms with Gasteiger partial charge in [-0.1, -0.05) is 23.8 Å². The number of hydrogen-bond donors (Lipinski definition) is 1. The third-order valence-corrected chi connectivity index (χ3v) is 7.74. The number of amides is 1. The number of thiazole rings is 1. The third kappa shape index (κ3) is 3.98. The third-order valence-electron chi connectivity index (χ3n) is 4.89. The van der Waals surface area contributed by atoms with E-state index in [0.717, 1.165) is 24.0 Å². The summed E-state index contributed by atoms with van der Waals surface area (Å²) in [6, 6.07) is 11.6. The molecule has 1 aromatic heterocycles. The van der Waals surface area contributed by atoms with Crippen LogP contribution in [0.15, 0.2) is 47.4 Å². The summed E-state index contributed by atoms with van der Waals surface area (Å²) in [6.45, 7) is 1.09. The molecule has 4 rings (SSSR count). The number of carbonyl (C=O) groups is 1. The smallest absolute Gasteiger partial charge is 0.257 e. The van der Waals surface area contributed by atoms with Gasteiger partial charge >= 0.3 is 0 Å². The van der Waals surface area contributed by atoms with E-state index in [0.29, 0.717) is 35.1 Å². The predicted octanol–water partition coefficient (Wildman–Crippen LogP) is 3.73. The Labute approximate surface area is 173 Å². The van der Waals surface area contributed by atoms with Gasteiger partial charge in [0.05, 0.1) is 16.7 Å². The van der Waals surface area contributed by atoms with Crippen LogP contribution in [0, 0.1) is 0 Å². The topological polar surface area (TPSA) is 88.6 Å². The highest BCUT2D eigenvalue weighted by Gasteiger charge is 2.26. The maximum Gasteiger partial charge on any atom is 0.257 e. The average Bonchev–Trinajstić information content (AvgIpc) is 3.17. The molecule has 2 heterocycles. The molecule has 1 fully saturated rings. The summed E-state index contributed by atoms with van der Waals surface area (Å²) in [6.07, 6.45) is 2.82. The summed E-state index contributed by atoms with van der Waals surface area (Å²) in [7, 11) is -1.94. The molecule has 0 aliphatic carbocycles. The van der Waals surface area contributed by atoms with Crippen molar-refractivity contribution in [1.29, 1.82) is 0 Å². The Morgan fingerprint density at radius 1 is 1.10 bits per heavy atom. The van der Waals surface area contributed by atoms with Crippen molar-refractivity contribution in [2.45, 2.75) is 24.2 Å². The number of benzene rings is 2. The zero-order chi connectivity index (χ0) is 20.4. The predicted molar refractivity (Wildman–Crippen MR) is 113 cm³/mol. The highest BCUT2D eigenvalue weighted by molar-refractivity contribution is 7.89. The lowest BCUT2D eigenvalue weighted by atomic mass is 10.2. The maximum absolute atomic E-state index is 12.7. The number of anilines is 1. The first-order valence-corrected chi connectivity index (χ1v) is 11.6. The largest absolute Gasteiger partial charge is 0.494 e. The molecule has 0 spiro atoms. The van der Waals surface area contributed by atoms with Crippen LogP contribution in [0.4, 0.5) is 5.13 Å². The van der Waals surface area contributed by atoms with Gasteiger partial charge in [-0.3, -0.25) is 10.1 Å². The molecule has 1 N–H and O–H groups in total. The van der Waals surface area contributed by atoms with E-state index in [1.807, 2.05) is 18.2 Å². The van der Waals surface area contributed by atoms with Crippen molar-refractivity contribution in [2.24, 2.45) is 0 Å². The van der Waals surface area contributed by atoms with Gasteiger partial charge in [-0.05, 0) is 49.2 Å². The second-order valence-electron chi connectivity index (χ2n) is 6.77. The van der Waals surface area contributed by atoms with E-state index in [1.165, 1.54) is 39.9 Å². The van der Waals surface area contributed by atoms with Gasteiger partial charge < -0.3 is 4.74 Å². The lowest BCUT2D eigenvalue weighted by Crippen LogP contribution is -2.35. The molecule has 152 valence electrons. The highest BCUT2D eigenvalue weighted by Crippen LogP contribution is 2.32. The Kier molecular flexibility index (Phi) is 5.53. The number of aromatic nitrogens is 1. The Morgan fingerprint density at radius 3 is 2.52 bits per heavy atom. The summed E-state index contributed by atoms with van der Waals surface area (Å²) >= 11 is 1.35. The lowest BCUT2D eigenvalue weighted by molar-refractivity contribution is 0.102. The van der Waals surface area contributed by atoms with Crippen LogP contribution in [-0.2, 0) is 10.0 Å². The molecular formula is C20H21N3O4S2. The Balaban J connectivity index is 1.51. The number of nitrogens with one attached hydrogen (secondary N) is 1. The van der Waals surface area contributed by atoms with E-state index in [4.69, 9.17) is 4.74 Å². The van der Waals surface area contributed by atoms with E-state index in [1.54, 1.807) is 7.11 Å². The van der Waals surface area contributed by atoms with E-state index >= 15 is 0 Å². The van der Waals surface area contributed by atoms with Crippen molar-refractivity contribution in [3.8, 4) is 5.75 Å². The summed E-state index contributed by atoms with van der Waals surface area (Å²) in [5, 5.41) is 3.23. The fraction of sp³-hybridized carbons (Fsp3) is 0.300. The van der Waals surface area contributed by atoms with Gasteiger partial charge in [-0.15, -0.1) is 0 Å². The van der Waals surface area contributed by atoms with Gasteiger partial charge in [0, 0.05) is 18.7 Å². The minimum absolute atomic E-state index is 0.209. The summed E-state index contributed by atoms with van der Waals surface area (Å²) in [4.78, 5) is 17.2. The second kappa shape index (κ2) is 8.10. The number of rotatable bonds is 5. The van der Waals surface area contributed by atoms with E-state index in [-0.39, 0.29) is 10.8 Å². The molecular weight excluding hydrogens is 410 g/mol. The van der Waals surface area contributed by atoms with Crippen LogP contribution in [0.2, 0.25) is 0 Å². The number of sulfonamides is 1. The van der Waals surface area contributed by atoms with Crippen LogP contribution >= 0.6 is 11.3 Å². The number of methoxy groups -OCH3 is 1. The standard InChI is InChI=1S/C20H21N3O4S2/c1-27-16-6-5-7-17-18(16)21-20(28-17)22-19(24)14-8-10-15(11-9-14)29(25,26)23-12-3-2-4-13-23/h5-11H,2-4,12-13H2,1H3,(H,21,22,24). The van der Waals surface area contributed by atoms with E-state index in [9.17, 15) is 13.2 Å². The molecule has 3 aromatic rings. The van der Waals surface area contributed by atoms with E-state index < -0.39 is 10.0 Å². The first kappa shape index (κ1) is 19.8. The van der Waals surface area contributed by atoms with Gasteiger partial charge in [-0.2, -0.15) is 4.31 Å². The molecule has 1 aliphatic rings. The molecule has 2 aromatic carbocycles. The average molecular weight is 432 g/mol. The van der Waals surface area contributed by atoms with Crippen molar-refractivity contribution < 1.29 is 17.9 Å². The van der Waals surface area contributed by atoms with Gasteiger partial charge in [0.25, 0.3) is 5.91 Å². The van der Waals surface area contributed by atoms with E-state index in [2.05, 4.69) is 10.3 Å². The van der Waals surface area contributed by atoms with Gasteiger partial charge in [0.15, 0.2) is 5.13 Å². The number of carbonyl (C=O) groups excluding carboxylic acids is 1. The Hall–Kier alpha value is -2.49. The van der Waals surface area contributed by atoms with Crippen molar-refractivity contribution in [3.63, 3.8) is 0 Å². The molecule has 0 atom stereocenters. The summed E-state index contributed by atoms with van der Waals surface area (Å²) < 4.78 is 33.2. The normalized spacial score (nSPS) is 15.3. The zero-order valence-electron chi connectivity index (χ0n) is 15.9. The first-order chi connectivity index (χ1) is 14.0. The van der Waals surface area contributed by atoms with Crippen LogP contribution in [-0.4, -0.2) is 43.8 Å². The monoisotopic (exact) mass is 431 g/mol. The Morgan fingerprint density at radius 2 is 1.83 bits per heavy atom. The molecule has 0 bridgehead atoms. The molecule has 0 unspecified atom stereocenters. The molecule has 0 radical (unpaired) electrons. The SMILES string of the molecule is COc1cccc2sc(NC(=O)c3ccc(S(=O)(=O)N4CCCCC4)cc3)nc12. The number of piperidine rings is 1. The Bertz CT molecular complexity index is 1130. The van der Waals surface area contributed by atoms with Crippen molar-refractivity contribution in [3.05, 3.63) is 48.0 Å². The van der Waals surface area contributed by atoms with Gasteiger partial charge in [0.1, 0.15) is 11.3 Å². The van der Waals surface area contributed by atoms with Gasteiger partial charge in [-0.25, -0.2) is 13.4 Å². The van der Waals surface area contributed by atoms with Crippen molar-refractivity contribution >= 4 is 42.6 Å². The minimum atomic E-state index is -3.51. The number of hydrogen-bond acceptors (Lipinski definition) is 6. The summed E-state index contributed by atoms with van der Waals surface area (Å²) in [5.74, 6) is 0.302. The van der Waals surface area contributed by atoms with Crippen LogP contribution < -0.4 is 10.1 Å². The molecule has 1 aliphatic heterocycles. The van der Waals surface area contributed by atoms with Crippen molar-refractivity contribution in [2.75, 3.05) is 25.5 Å². The van der Waals surface area contributed by atoms with Crippen LogP contribution in [0.3, 0.4) is 0 Å². The van der Waals surface area contributed by atoms with Crippen LogP contribution in [0.5, 0.6) is 5.75 Å². The molecule has 1 saturated heterocycles. The number of ether oxygens (including phenoxy) is 1. The highest BCUT2D eigenvalue weighted by atomic mass is 32.2. The fourth-order valence-corrected chi connectivity index (χ4v) is 5.74. The summed E-state index contributed by atoms with van der Waals surface area (Å²) in [5.41, 5.74) is 1.06.